The zero-order valence-electron chi connectivity index (χ0n) is 10.8. The molecule has 0 aliphatic carbocycles. The van der Waals surface area contributed by atoms with Crippen LogP contribution in [-0.4, -0.2) is 41.4 Å². The van der Waals surface area contributed by atoms with Gasteiger partial charge in [-0.1, -0.05) is 0 Å². The van der Waals surface area contributed by atoms with Gasteiger partial charge in [0.2, 0.25) is 5.78 Å². The second kappa shape index (κ2) is 5.93. The van der Waals surface area contributed by atoms with Gasteiger partial charge in [-0.15, -0.1) is 0 Å². The summed E-state index contributed by atoms with van der Waals surface area (Å²) in [5, 5.41) is 0. The maximum Gasteiger partial charge on any atom is 0.410 e. The van der Waals surface area contributed by atoms with Crippen LogP contribution in [0.25, 0.3) is 0 Å². The summed E-state index contributed by atoms with van der Waals surface area (Å²) in [5.74, 6) is -1.29. The Hall–Kier alpha value is -1.20. The molecule has 0 fully saturated rings. The highest BCUT2D eigenvalue weighted by atomic mass is 19.3. The highest BCUT2D eigenvalue weighted by Gasteiger charge is 2.28. The van der Waals surface area contributed by atoms with Crippen molar-refractivity contribution in [2.24, 2.45) is 0 Å². The van der Waals surface area contributed by atoms with Crippen LogP contribution in [0.2, 0.25) is 0 Å². The summed E-state index contributed by atoms with van der Waals surface area (Å²) in [6, 6.07) is -0.382. The molecule has 1 amide bonds. The highest BCUT2D eigenvalue weighted by Crippen LogP contribution is 2.12. The first kappa shape index (κ1) is 15.8. The quantitative estimate of drug-likeness (QED) is 0.771. The van der Waals surface area contributed by atoms with E-state index < -0.39 is 30.4 Å². The summed E-state index contributed by atoms with van der Waals surface area (Å²) in [4.78, 5) is 23.6. The summed E-state index contributed by atoms with van der Waals surface area (Å²) < 4.78 is 29.3. The topological polar surface area (TPSA) is 46.6 Å². The zero-order valence-corrected chi connectivity index (χ0v) is 10.8. The van der Waals surface area contributed by atoms with Crippen LogP contribution in [0.1, 0.15) is 34.6 Å². The van der Waals surface area contributed by atoms with E-state index >= 15 is 0 Å². The molecular weight excluding hydrogens is 232 g/mol. The molecule has 17 heavy (non-hydrogen) atoms. The van der Waals surface area contributed by atoms with Crippen LogP contribution in [0.3, 0.4) is 0 Å². The average Bonchev–Trinajstić information content (AvgIpc) is 2.09. The third-order valence-electron chi connectivity index (χ3n) is 1.82. The van der Waals surface area contributed by atoms with Gasteiger partial charge in [0.15, 0.2) is 0 Å². The van der Waals surface area contributed by atoms with Crippen LogP contribution in [-0.2, 0) is 9.53 Å². The maximum absolute atomic E-state index is 12.1. The number of rotatable bonds is 4. The van der Waals surface area contributed by atoms with E-state index in [1.165, 1.54) is 0 Å². The summed E-state index contributed by atoms with van der Waals surface area (Å²) in [6.07, 6.45) is -3.83. The van der Waals surface area contributed by atoms with Crippen LogP contribution >= 0.6 is 0 Å². The van der Waals surface area contributed by atoms with Crippen molar-refractivity contribution >= 4 is 11.9 Å². The summed E-state index contributed by atoms with van der Waals surface area (Å²) in [6.45, 7) is 7.62. The van der Waals surface area contributed by atoms with Crippen molar-refractivity contribution in [3.8, 4) is 0 Å². The number of hydrogen-bond donors (Lipinski definition) is 0. The molecule has 0 aromatic heterocycles. The molecule has 0 spiro atoms. The predicted molar refractivity (Wildman–Crippen MR) is 59.1 cm³/mol. The number of Topliss-reactive ketones (excluding diaryl/α,β-unsaturated/α-hetero) is 1. The lowest BCUT2D eigenvalue weighted by atomic mass is 10.2. The lowest BCUT2D eigenvalue weighted by Gasteiger charge is -2.29. The minimum absolute atomic E-state index is 0.382. The van der Waals surface area contributed by atoms with Crippen LogP contribution in [0.4, 0.5) is 13.6 Å². The largest absolute Gasteiger partial charge is 0.444 e. The van der Waals surface area contributed by atoms with Gasteiger partial charge in [-0.2, -0.15) is 0 Å². The minimum Gasteiger partial charge on any atom is -0.444 e. The molecule has 0 unspecified atom stereocenters. The number of carbonyl (C=O) groups excluding carboxylic acids is 2. The Labute approximate surface area is 99.9 Å². The van der Waals surface area contributed by atoms with Crippen molar-refractivity contribution < 1.29 is 23.1 Å². The standard InChI is InChI=1S/C11H19F2NO3/c1-7(2)14(6-8(15)9(12)13)10(16)17-11(3,4)5/h7,9H,6H2,1-5H3. The third-order valence-corrected chi connectivity index (χ3v) is 1.82. The minimum atomic E-state index is -3.07. The van der Waals surface area contributed by atoms with Crippen molar-refractivity contribution in [2.75, 3.05) is 6.54 Å². The lowest BCUT2D eigenvalue weighted by Crippen LogP contribution is -2.44. The Morgan fingerprint density at radius 1 is 1.24 bits per heavy atom. The highest BCUT2D eigenvalue weighted by molar-refractivity contribution is 5.86. The molecule has 0 aromatic carbocycles. The van der Waals surface area contributed by atoms with Crippen molar-refractivity contribution in [1.82, 2.24) is 4.90 Å². The molecule has 0 saturated heterocycles. The lowest BCUT2D eigenvalue weighted by molar-refractivity contribution is -0.131. The predicted octanol–water partition coefficient (Wildman–Crippen LogP) is 2.47. The molecule has 0 saturated carbocycles. The molecule has 0 N–H and O–H groups in total. The maximum atomic E-state index is 12.1. The number of ketones is 1. The summed E-state index contributed by atoms with van der Waals surface area (Å²) in [7, 11) is 0. The molecule has 0 atom stereocenters. The van der Waals surface area contributed by atoms with Crippen LogP contribution in [0.15, 0.2) is 0 Å². The molecular formula is C11H19F2NO3. The van der Waals surface area contributed by atoms with E-state index in [0.29, 0.717) is 0 Å². The first-order chi connectivity index (χ1) is 7.54. The molecule has 0 radical (unpaired) electrons. The van der Waals surface area contributed by atoms with Gasteiger partial charge < -0.3 is 4.74 Å². The first-order valence-corrected chi connectivity index (χ1v) is 5.35. The van der Waals surface area contributed by atoms with Gasteiger partial charge in [-0.3, -0.25) is 9.69 Å². The van der Waals surface area contributed by atoms with Gasteiger partial charge in [0.1, 0.15) is 5.60 Å². The number of alkyl halides is 2. The Morgan fingerprint density at radius 3 is 2.00 bits per heavy atom. The molecule has 0 bridgehead atoms. The third kappa shape index (κ3) is 6.19. The van der Waals surface area contributed by atoms with Crippen LogP contribution < -0.4 is 0 Å². The average molecular weight is 251 g/mol. The van der Waals surface area contributed by atoms with Crippen molar-refractivity contribution in [2.45, 2.75) is 52.7 Å². The van der Waals surface area contributed by atoms with E-state index in [0.717, 1.165) is 4.90 Å². The first-order valence-electron chi connectivity index (χ1n) is 5.35. The fourth-order valence-corrected chi connectivity index (χ4v) is 1.02. The number of hydrogen-bond acceptors (Lipinski definition) is 3. The van der Waals surface area contributed by atoms with E-state index in [-0.39, 0.29) is 6.04 Å². The number of amides is 1. The van der Waals surface area contributed by atoms with E-state index in [2.05, 4.69) is 0 Å². The number of halogens is 2. The Balaban J connectivity index is 4.64. The number of nitrogens with zero attached hydrogens (tertiary/aromatic N) is 1. The molecule has 0 aromatic rings. The van der Waals surface area contributed by atoms with Gasteiger partial charge >= 0.3 is 6.09 Å². The Kier molecular flexibility index (Phi) is 5.51. The Morgan fingerprint density at radius 2 is 1.71 bits per heavy atom. The second-order valence-electron chi connectivity index (χ2n) is 4.97. The van der Waals surface area contributed by atoms with Gasteiger partial charge in [-0.05, 0) is 34.6 Å². The zero-order chi connectivity index (χ0) is 13.8. The second-order valence-corrected chi connectivity index (χ2v) is 4.97. The molecule has 6 heteroatoms. The molecule has 0 aliphatic heterocycles. The number of carbonyl (C=O) groups is 2. The number of ether oxygens (including phenoxy) is 1. The van der Waals surface area contributed by atoms with Crippen molar-refractivity contribution in [3.63, 3.8) is 0 Å². The van der Waals surface area contributed by atoms with Crippen LogP contribution in [0, 0.1) is 0 Å². The van der Waals surface area contributed by atoms with Gasteiger partial charge in [-0.25, -0.2) is 13.6 Å². The fraction of sp³-hybridized carbons (Fsp3) is 0.818. The van der Waals surface area contributed by atoms with E-state index in [1.807, 2.05) is 0 Å². The van der Waals surface area contributed by atoms with Gasteiger partial charge in [0, 0.05) is 6.04 Å². The fourth-order valence-electron chi connectivity index (χ4n) is 1.02. The molecule has 0 rings (SSSR count). The normalized spacial score (nSPS) is 11.8. The van der Waals surface area contributed by atoms with E-state index in [9.17, 15) is 18.4 Å². The van der Waals surface area contributed by atoms with Crippen molar-refractivity contribution in [1.29, 1.82) is 0 Å². The van der Waals surface area contributed by atoms with E-state index in [1.54, 1.807) is 34.6 Å². The summed E-state index contributed by atoms with van der Waals surface area (Å²) >= 11 is 0. The molecule has 100 valence electrons. The van der Waals surface area contributed by atoms with Gasteiger partial charge in [0.05, 0.1) is 6.54 Å². The van der Waals surface area contributed by atoms with E-state index in [4.69, 9.17) is 4.74 Å². The van der Waals surface area contributed by atoms with Crippen molar-refractivity contribution in [3.05, 3.63) is 0 Å². The Bertz CT molecular complexity index is 285. The molecule has 4 nitrogen and oxygen atoms in total. The molecule has 0 aliphatic rings. The summed E-state index contributed by atoms with van der Waals surface area (Å²) in [5.41, 5.74) is -0.724. The smallest absolute Gasteiger partial charge is 0.410 e. The van der Waals surface area contributed by atoms with Crippen LogP contribution in [0.5, 0.6) is 0 Å². The van der Waals surface area contributed by atoms with Gasteiger partial charge in [0.25, 0.3) is 6.43 Å². The monoisotopic (exact) mass is 251 g/mol. The molecule has 0 heterocycles. The SMILES string of the molecule is CC(C)N(CC(=O)C(F)F)C(=O)OC(C)(C)C.